The molecular formula is C3H5Br3O3S. The number of halogens is 3. The van der Waals surface area contributed by atoms with E-state index in [0.717, 1.165) is 0 Å². The molecule has 0 fully saturated rings. The molecule has 10 heavy (non-hydrogen) atoms. The number of alkyl halides is 3. The summed E-state index contributed by atoms with van der Waals surface area (Å²) >= 11 is 8.60. The Balaban J connectivity index is 4.76. The molecule has 0 aromatic rings. The smallest absolute Gasteiger partial charge is 0.284 e. The van der Waals surface area contributed by atoms with Gasteiger partial charge in [0.25, 0.3) is 10.1 Å². The fourth-order valence-corrected chi connectivity index (χ4v) is 1.32. The maximum absolute atomic E-state index is 10.5. The molecule has 0 saturated carbocycles. The van der Waals surface area contributed by atoms with Crippen LogP contribution in [0.25, 0.3) is 0 Å². The maximum atomic E-state index is 10.5. The fourth-order valence-electron chi connectivity index (χ4n) is 0.205. The Bertz CT molecular complexity index is 207. The summed E-state index contributed by atoms with van der Waals surface area (Å²) in [7, 11) is -4.12. The third kappa shape index (κ3) is 2.44. The van der Waals surface area contributed by atoms with Crippen LogP contribution >= 0.6 is 47.8 Å². The highest BCUT2D eigenvalue weighted by molar-refractivity contribution is 9.28. The van der Waals surface area contributed by atoms with Gasteiger partial charge in [0.15, 0.2) is 0 Å². The molecule has 0 aromatic carbocycles. The third-order valence-corrected chi connectivity index (χ3v) is 7.90. The molecular weight excluding hydrogens is 356 g/mol. The van der Waals surface area contributed by atoms with Crippen LogP contribution in [0.2, 0.25) is 0 Å². The lowest BCUT2D eigenvalue weighted by Gasteiger charge is -2.18. The van der Waals surface area contributed by atoms with Crippen molar-refractivity contribution in [3.63, 3.8) is 0 Å². The van der Waals surface area contributed by atoms with E-state index in [2.05, 4.69) is 47.8 Å². The van der Waals surface area contributed by atoms with Crippen molar-refractivity contribution in [2.24, 2.45) is 0 Å². The van der Waals surface area contributed by atoms with Crippen molar-refractivity contribution in [3.05, 3.63) is 0 Å². The highest BCUT2D eigenvalue weighted by atomic mass is 79.9. The summed E-state index contributed by atoms with van der Waals surface area (Å²) in [5.41, 5.74) is 0. The SMILES string of the molecule is CC(Br)C(Br)(Br)S(=O)(=O)O. The molecule has 1 N–H and O–H groups in total. The summed E-state index contributed by atoms with van der Waals surface area (Å²) in [5, 5.41) is 0. The van der Waals surface area contributed by atoms with Crippen LogP contribution in [0.15, 0.2) is 0 Å². The lowest BCUT2D eigenvalue weighted by Crippen LogP contribution is -2.32. The van der Waals surface area contributed by atoms with E-state index in [9.17, 15) is 8.42 Å². The molecule has 0 rings (SSSR count). The summed E-state index contributed by atoms with van der Waals surface area (Å²) in [6.45, 7) is 1.58. The first kappa shape index (κ1) is 11.4. The Kier molecular flexibility index (Phi) is 3.84. The predicted octanol–water partition coefficient (Wildman–Crippen LogP) is 2.10. The molecule has 0 heterocycles. The van der Waals surface area contributed by atoms with E-state index in [0.29, 0.717) is 0 Å². The second-order valence-corrected chi connectivity index (χ2v) is 9.24. The molecule has 0 radical (unpaired) electrons. The summed E-state index contributed by atoms with van der Waals surface area (Å²) in [5.74, 6) is 0. The Morgan fingerprint density at radius 1 is 1.50 bits per heavy atom. The average molecular weight is 361 g/mol. The summed E-state index contributed by atoms with van der Waals surface area (Å²) in [4.78, 5) is -0.435. The molecule has 0 aliphatic heterocycles. The zero-order valence-corrected chi connectivity index (χ0v) is 10.5. The van der Waals surface area contributed by atoms with Crippen molar-refractivity contribution >= 4 is 57.9 Å². The highest BCUT2D eigenvalue weighted by Gasteiger charge is 2.41. The van der Waals surface area contributed by atoms with Gasteiger partial charge in [0.05, 0.1) is 4.83 Å². The van der Waals surface area contributed by atoms with E-state index < -0.39 is 17.5 Å². The van der Waals surface area contributed by atoms with Gasteiger partial charge in [-0.05, 0) is 6.92 Å². The minimum absolute atomic E-state index is 0.435. The first-order chi connectivity index (χ1) is 4.19. The van der Waals surface area contributed by atoms with Gasteiger partial charge in [0.2, 0.25) is 2.57 Å². The maximum Gasteiger partial charge on any atom is 0.292 e. The van der Waals surface area contributed by atoms with Gasteiger partial charge in [0.1, 0.15) is 0 Å². The van der Waals surface area contributed by atoms with Crippen LogP contribution in [0.5, 0.6) is 0 Å². The highest BCUT2D eigenvalue weighted by Crippen LogP contribution is 2.38. The van der Waals surface area contributed by atoms with Crippen molar-refractivity contribution in [3.8, 4) is 0 Å². The lowest BCUT2D eigenvalue weighted by molar-refractivity contribution is 0.477. The van der Waals surface area contributed by atoms with Gasteiger partial charge >= 0.3 is 0 Å². The molecule has 0 bridgehead atoms. The molecule has 7 heteroatoms. The van der Waals surface area contributed by atoms with Crippen LogP contribution in [-0.4, -0.2) is 20.4 Å². The summed E-state index contributed by atoms with van der Waals surface area (Å²) in [6.07, 6.45) is 0. The van der Waals surface area contributed by atoms with Crippen molar-refractivity contribution in [1.29, 1.82) is 0 Å². The van der Waals surface area contributed by atoms with E-state index in [-0.39, 0.29) is 0 Å². The van der Waals surface area contributed by atoms with Crippen LogP contribution in [0, 0.1) is 0 Å². The minimum atomic E-state index is -4.12. The van der Waals surface area contributed by atoms with Crippen LogP contribution in [0.4, 0.5) is 0 Å². The van der Waals surface area contributed by atoms with Crippen LogP contribution in [0.1, 0.15) is 6.92 Å². The predicted molar refractivity (Wildman–Crippen MR) is 50.5 cm³/mol. The summed E-state index contributed by atoms with van der Waals surface area (Å²) in [6, 6.07) is 0. The van der Waals surface area contributed by atoms with Gasteiger partial charge in [-0.2, -0.15) is 8.42 Å². The Morgan fingerprint density at radius 2 is 1.80 bits per heavy atom. The van der Waals surface area contributed by atoms with Gasteiger partial charge in [-0.3, -0.25) is 4.55 Å². The van der Waals surface area contributed by atoms with Gasteiger partial charge in [-0.15, -0.1) is 0 Å². The largest absolute Gasteiger partial charge is 0.292 e. The summed E-state index contributed by atoms with van der Waals surface area (Å²) < 4.78 is 28.1. The van der Waals surface area contributed by atoms with Crippen molar-refractivity contribution in [2.75, 3.05) is 0 Å². The first-order valence-electron chi connectivity index (χ1n) is 2.18. The average Bonchev–Trinajstić information content (AvgIpc) is 1.62. The van der Waals surface area contributed by atoms with Crippen LogP contribution in [0.3, 0.4) is 0 Å². The first-order valence-corrected chi connectivity index (χ1v) is 6.12. The van der Waals surface area contributed by atoms with Gasteiger partial charge < -0.3 is 0 Å². The molecule has 0 amide bonds. The molecule has 0 aromatic heterocycles. The van der Waals surface area contributed by atoms with E-state index in [1.165, 1.54) is 0 Å². The van der Waals surface area contributed by atoms with Crippen molar-refractivity contribution in [1.82, 2.24) is 0 Å². The molecule has 1 atom stereocenters. The van der Waals surface area contributed by atoms with Crippen LogP contribution in [-0.2, 0) is 10.1 Å². The van der Waals surface area contributed by atoms with Gasteiger partial charge in [0, 0.05) is 0 Å². The Hall–Kier alpha value is 1.35. The second-order valence-electron chi connectivity index (χ2n) is 1.65. The van der Waals surface area contributed by atoms with E-state index >= 15 is 0 Å². The molecule has 1 unspecified atom stereocenters. The molecule has 0 aliphatic rings. The molecule has 62 valence electrons. The second kappa shape index (κ2) is 3.38. The quantitative estimate of drug-likeness (QED) is 0.606. The van der Waals surface area contributed by atoms with Crippen molar-refractivity contribution < 1.29 is 13.0 Å². The van der Waals surface area contributed by atoms with E-state index in [1.807, 2.05) is 0 Å². The fraction of sp³-hybridized carbons (Fsp3) is 1.00. The Labute approximate surface area is 84.7 Å². The number of rotatable bonds is 2. The number of hydrogen-bond acceptors (Lipinski definition) is 2. The lowest BCUT2D eigenvalue weighted by atomic mass is 10.6. The zero-order chi connectivity index (χ0) is 8.58. The van der Waals surface area contributed by atoms with E-state index in [1.54, 1.807) is 6.92 Å². The molecule has 3 nitrogen and oxygen atoms in total. The molecule has 0 spiro atoms. The normalized spacial score (nSPS) is 16.9. The standard InChI is InChI=1S/C3H5Br3O3S/c1-2(4)3(5,6)10(7,8)9/h2H,1H3,(H,7,8,9). The van der Waals surface area contributed by atoms with Gasteiger partial charge in [-0.1, -0.05) is 47.8 Å². The van der Waals surface area contributed by atoms with Crippen LogP contribution < -0.4 is 0 Å². The molecule has 0 aliphatic carbocycles. The van der Waals surface area contributed by atoms with E-state index in [4.69, 9.17) is 4.55 Å². The van der Waals surface area contributed by atoms with Crippen molar-refractivity contribution in [2.45, 2.75) is 14.3 Å². The van der Waals surface area contributed by atoms with Gasteiger partial charge in [-0.25, -0.2) is 0 Å². The number of hydrogen-bond donors (Lipinski definition) is 1. The monoisotopic (exact) mass is 358 g/mol. The third-order valence-electron chi connectivity index (χ3n) is 0.807. The topological polar surface area (TPSA) is 54.4 Å². The molecule has 0 saturated heterocycles. The Morgan fingerprint density at radius 3 is 1.80 bits per heavy atom. The zero-order valence-electron chi connectivity index (χ0n) is 4.88. The minimum Gasteiger partial charge on any atom is -0.284 e.